The van der Waals surface area contributed by atoms with E-state index in [0.717, 1.165) is 25.9 Å². The molecule has 0 aromatic heterocycles. The Kier molecular flexibility index (Phi) is 7.91. The fourth-order valence-electron chi connectivity index (χ4n) is 2.16. The van der Waals surface area contributed by atoms with Gasteiger partial charge in [-0.1, -0.05) is 25.4 Å². The minimum Gasteiger partial charge on any atom is -0.465 e. The summed E-state index contributed by atoms with van der Waals surface area (Å²) in [5.74, 6) is -0.614. The van der Waals surface area contributed by atoms with Crippen molar-refractivity contribution in [3.8, 4) is 0 Å². The van der Waals surface area contributed by atoms with Crippen LogP contribution in [0.2, 0.25) is 5.02 Å². The van der Waals surface area contributed by atoms with Crippen LogP contribution in [0.15, 0.2) is 18.2 Å². The van der Waals surface area contributed by atoms with Crippen LogP contribution in [-0.4, -0.2) is 43.5 Å². The predicted molar refractivity (Wildman–Crippen MR) is 88.4 cm³/mol. The third-order valence-electron chi connectivity index (χ3n) is 3.11. The van der Waals surface area contributed by atoms with E-state index < -0.39 is 5.97 Å². The SMILES string of the molecule is CCCN(CCC)CC(=O)Nc1cc(C(=O)OC)ccc1Cl. The molecule has 0 atom stereocenters. The number of ether oxygens (including phenoxy) is 1. The summed E-state index contributed by atoms with van der Waals surface area (Å²) >= 11 is 6.07. The highest BCUT2D eigenvalue weighted by Crippen LogP contribution is 2.23. The number of nitrogens with one attached hydrogen (secondary N) is 1. The Balaban J connectivity index is 2.76. The molecule has 0 saturated heterocycles. The van der Waals surface area contributed by atoms with E-state index in [1.807, 2.05) is 0 Å². The Morgan fingerprint density at radius 1 is 1.23 bits per heavy atom. The number of hydrogen-bond acceptors (Lipinski definition) is 4. The molecule has 1 rings (SSSR count). The maximum atomic E-state index is 12.1. The van der Waals surface area contributed by atoms with E-state index in [-0.39, 0.29) is 5.91 Å². The predicted octanol–water partition coefficient (Wildman–Crippen LogP) is 3.19. The van der Waals surface area contributed by atoms with Crippen molar-refractivity contribution in [2.45, 2.75) is 26.7 Å². The summed E-state index contributed by atoms with van der Waals surface area (Å²) in [4.78, 5) is 25.8. The van der Waals surface area contributed by atoms with Crippen molar-refractivity contribution in [1.29, 1.82) is 0 Å². The summed E-state index contributed by atoms with van der Waals surface area (Å²) in [5, 5.41) is 3.14. The molecule has 1 aromatic rings. The van der Waals surface area contributed by atoms with E-state index in [1.165, 1.54) is 13.2 Å². The molecule has 0 aliphatic rings. The van der Waals surface area contributed by atoms with Crippen molar-refractivity contribution in [3.63, 3.8) is 0 Å². The molecule has 0 saturated carbocycles. The molecular weight excluding hydrogens is 304 g/mol. The van der Waals surface area contributed by atoms with Crippen molar-refractivity contribution < 1.29 is 14.3 Å². The Hall–Kier alpha value is -1.59. The number of methoxy groups -OCH3 is 1. The first-order chi connectivity index (χ1) is 10.5. The van der Waals surface area contributed by atoms with Crippen LogP contribution in [0, 0.1) is 0 Å². The van der Waals surface area contributed by atoms with Crippen molar-refractivity contribution in [3.05, 3.63) is 28.8 Å². The zero-order valence-corrected chi connectivity index (χ0v) is 14.1. The van der Waals surface area contributed by atoms with Gasteiger partial charge in [0.05, 0.1) is 29.9 Å². The molecule has 0 aliphatic carbocycles. The minimum absolute atomic E-state index is 0.147. The highest BCUT2D eigenvalue weighted by molar-refractivity contribution is 6.33. The number of carbonyl (C=O) groups is 2. The van der Waals surface area contributed by atoms with E-state index >= 15 is 0 Å². The van der Waals surface area contributed by atoms with Crippen LogP contribution in [0.5, 0.6) is 0 Å². The van der Waals surface area contributed by atoms with Gasteiger partial charge in [-0.25, -0.2) is 4.79 Å². The molecule has 0 unspecified atom stereocenters. The number of carbonyl (C=O) groups excluding carboxylic acids is 2. The fraction of sp³-hybridized carbons (Fsp3) is 0.500. The van der Waals surface area contributed by atoms with Gasteiger partial charge in [0.1, 0.15) is 0 Å². The highest BCUT2D eigenvalue weighted by atomic mass is 35.5. The quantitative estimate of drug-likeness (QED) is 0.745. The second-order valence-electron chi connectivity index (χ2n) is 5.01. The lowest BCUT2D eigenvalue weighted by molar-refractivity contribution is -0.117. The van der Waals surface area contributed by atoms with Crippen molar-refractivity contribution in [2.24, 2.45) is 0 Å². The lowest BCUT2D eigenvalue weighted by Gasteiger charge is -2.20. The first kappa shape index (κ1) is 18.5. The van der Waals surface area contributed by atoms with Gasteiger partial charge in [-0.05, 0) is 44.1 Å². The smallest absolute Gasteiger partial charge is 0.337 e. The Morgan fingerprint density at radius 3 is 2.41 bits per heavy atom. The molecular formula is C16H23ClN2O3. The highest BCUT2D eigenvalue weighted by Gasteiger charge is 2.13. The number of benzene rings is 1. The molecule has 122 valence electrons. The molecule has 6 heteroatoms. The van der Waals surface area contributed by atoms with Gasteiger partial charge in [-0.15, -0.1) is 0 Å². The van der Waals surface area contributed by atoms with Crippen molar-refractivity contribution >= 4 is 29.2 Å². The number of nitrogens with zero attached hydrogens (tertiary/aromatic N) is 1. The average Bonchev–Trinajstić information content (AvgIpc) is 2.49. The lowest BCUT2D eigenvalue weighted by Crippen LogP contribution is -2.34. The van der Waals surface area contributed by atoms with E-state index in [0.29, 0.717) is 22.8 Å². The number of esters is 1. The summed E-state index contributed by atoms with van der Waals surface area (Å²) in [6.07, 6.45) is 1.98. The van der Waals surface area contributed by atoms with Gasteiger partial charge in [0.15, 0.2) is 0 Å². The molecule has 0 bridgehead atoms. The second-order valence-corrected chi connectivity index (χ2v) is 5.42. The molecule has 22 heavy (non-hydrogen) atoms. The third kappa shape index (κ3) is 5.66. The van der Waals surface area contributed by atoms with Gasteiger partial charge >= 0.3 is 5.97 Å². The van der Waals surface area contributed by atoms with Crippen LogP contribution in [-0.2, 0) is 9.53 Å². The molecule has 5 nitrogen and oxygen atoms in total. The number of hydrogen-bond donors (Lipinski definition) is 1. The number of halogens is 1. The standard InChI is InChI=1S/C16H23ClN2O3/c1-4-8-19(9-5-2)11-15(20)18-14-10-12(16(21)22-3)6-7-13(14)17/h6-7,10H,4-5,8-9,11H2,1-3H3,(H,18,20). The van der Waals surface area contributed by atoms with Crippen molar-refractivity contribution in [2.75, 3.05) is 32.1 Å². The van der Waals surface area contributed by atoms with Crippen LogP contribution < -0.4 is 5.32 Å². The topological polar surface area (TPSA) is 58.6 Å². The summed E-state index contributed by atoms with van der Waals surface area (Å²) in [5.41, 5.74) is 0.767. The largest absolute Gasteiger partial charge is 0.465 e. The van der Waals surface area contributed by atoms with Gasteiger partial charge in [0, 0.05) is 0 Å². The first-order valence-electron chi connectivity index (χ1n) is 7.41. The van der Waals surface area contributed by atoms with Gasteiger partial charge in [-0.3, -0.25) is 9.69 Å². The minimum atomic E-state index is -0.467. The lowest BCUT2D eigenvalue weighted by atomic mass is 10.2. The number of rotatable bonds is 8. The van der Waals surface area contributed by atoms with Gasteiger partial charge < -0.3 is 10.1 Å². The molecule has 0 fully saturated rings. The Labute approximate surface area is 136 Å². The molecule has 1 amide bonds. The van der Waals surface area contributed by atoms with Crippen LogP contribution in [0.1, 0.15) is 37.0 Å². The van der Waals surface area contributed by atoms with Gasteiger partial charge in [-0.2, -0.15) is 0 Å². The fourth-order valence-corrected chi connectivity index (χ4v) is 2.33. The van der Waals surface area contributed by atoms with E-state index in [2.05, 4.69) is 28.8 Å². The van der Waals surface area contributed by atoms with Crippen LogP contribution in [0.25, 0.3) is 0 Å². The van der Waals surface area contributed by atoms with Gasteiger partial charge in [0.25, 0.3) is 0 Å². The second kappa shape index (κ2) is 9.43. The maximum absolute atomic E-state index is 12.1. The number of anilines is 1. The molecule has 1 aromatic carbocycles. The first-order valence-corrected chi connectivity index (χ1v) is 7.79. The van der Waals surface area contributed by atoms with Crippen molar-refractivity contribution in [1.82, 2.24) is 4.90 Å². The van der Waals surface area contributed by atoms with Gasteiger partial charge in [0.2, 0.25) is 5.91 Å². The normalized spacial score (nSPS) is 10.6. The molecule has 0 heterocycles. The zero-order chi connectivity index (χ0) is 16.5. The average molecular weight is 327 g/mol. The Bertz CT molecular complexity index is 514. The van der Waals surface area contributed by atoms with E-state index in [1.54, 1.807) is 12.1 Å². The summed E-state index contributed by atoms with van der Waals surface area (Å²) < 4.78 is 4.66. The molecule has 0 aliphatic heterocycles. The summed E-state index contributed by atoms with van der Waals surface area (Å²) in [7, 11) is 1.31. The molecule has 0 radical (unpaired) electrons. The van der Waals surface area contributed by atoms with Crippen LogP contribution in [0.3, 0.4) is 0 Å². The number of amides is 1. The monoisotopic (exact) mass is 326 g/mol. The summed E-state index contributed by atoms with van der Waals surface area (Å²) in [6.45, 7) is 6.21. The zero-order valence-electron chi connectivity index (χ0n) is 13.3. The molecule has 0 spiro atoms. The third-order valence-corrected chi connectivity index (χ3v) is 3.44. The Morgan fingerprint density at radius 2 is 1.86 bits per heavy atom. The summed E-state index contributed by atoms with van der Waals surface area (Å²) in [6, 6.07) is 4.65. The van der Waals surface area contributed by atoms with E-state index in [9.17, 15) is 9.59 Å². The van der Waals surface area contributed by atoms with Crippen LogP contribution in [0.4, 0.5) is 5.69 Å². The maximum Gasteiger partial charge on any atom is 0.337 e. The van der Waals surface area contributed by atoms with Crippen LogP contribution >= 0.6 is 11.6 Å². The molecule has 1 N–H and O–H groups in total. The van der Waals surface area contributed by atoms with E-state index in [4.69, 9.17) is 11.6 Å².